The number of benzene rings is 1. The molecule has 17 heavy (non-hydrogen) atoms. The van der Waals surface area contributed by atoms with Crippen LogP contribution in [0.1, 0.15) is 37.8 Å². The Bertz CT molecular complexity index is 429. The predicted molar refractivity (Wildman–Crippen MR) is 68.8 cm³/mol. The van der Waals surface area contributed by atoms with Crippen molar-refractivity contribution in [2.75, 3.05) is 0 Å². The van der Waals surface area contributed by atoms with Crippen molar-refractivity contribution >= 4 is 17.5 Å². The minimum atomic E-state index is -0.646. The molecule has 1 fully saturated rings. The van der Waals surface area contributed by atoms with Crippen molar-refractivity contribution in [2.45, 2.75) is 37.8 Å². The number of nitrogens with one attached hydrogen (secondary N) is 1. The van der Waals surface area contributed by atoms with E-state index < -0.39 is 5.54 Å². The number of hydrogen-bond donors (Lipinski definition) is 2. The molecule has 0 aromatic heterocycles. The largest absolute Gasteiger partial charge is 0.348 e. The molecule has 2 rings (SSSR count). The number of carbonyl (C=O) groups excluding carboxylic acids is 1. The number of amides is 1. The zero-order valence-electron chi connectivity index (χ0n) is 9.87. The highest BCUT2D eigenvalue weighted by atomic mass is 35.5. The summed E-state index contributed by atoms with van der Waals surface area (Å²) in [7, 11) is 0. The van der Waals surface area contributed by atoms with Gasteiger partial charge in [-0.3, -0.25) is 4.79 Å². The van der Waals surface area contributed by atoms with Crippen molar-refractivity contribution < 1.29 is 4.79 Å². The van der Waals surface area contributed by atoms with E-state index in [4.69, 9.17) is 17.3 Å². The fraction of sp³-hybridized carbons (Fsp3) is 0.462. The lowest BCUT2D eigenvalue weighted by Gasteiger charge is -2.37. The lowest BCUT2D eigenvalue weighted by molar-refractivity contribution is -0.129. The second-order valence-corrected chi connectivity index (χ2v) is 5.20. The van der Waals surface area contributed by atoms with Crippen LogP contribution in [0.25, 0.3) is 0 Å². The molecule has 0 unspecified atom stereocenters. The van der Waals surface area contributed by atoms with Gasteiger partial charge in [-0.2, -0.15) is 0 Å². The second-order valence-electron chi connectivity index (χ2n) is 4.76. The van der Waals surface area contributed by atoms with Crippen LogP contribution in [0.4, 0.5) is 0 Å². The van der Waals surface area contributed by atoms with E-state index in [0.717, 1.165) is 24.8 Å². The van der Waals surface area contributed by atoms with Crippen molar-refractivity contribution in [3.8, 4) is 0 Å². The van der Waals surface area contributed by atoms with Gasteiger partial charge < -0.3 is 11.1 Å². The Morgan fingerprint density at radius 3 is 2.76 bits per heavy atom. The molecule has 0 bridgehead atoms. The SMILES string of the molecule is C[C@H](NC(=O)C1(N)CCC1)c1cccc(Cl)c1. The molecule has 0 radical (unpaired) electrons. The molecule has 4 heteroatoms. The summed E-state index contributed by atoms with van der Waals surface area (Å²) in [5.74, 6) is -0.0591. The van der Waals surface area contributed by atoms with Crippen molar-refractivity contribution in [3.05, 3.63) is 34.9 Å². The van der Waals surface area contributed by atoms with E-state index in [9.17, 15) is 4.79 Å². The van der Waals surface area contributed by atoms with Gasteiger partial charge in [-0.25, -0.2) is 0 Å². The maximum Gasteiger partial charge on any atom is 0.240 e. The normalized spacial score (nSPS) is 19.2. The zero-order chi connectivity index (χ0) is 12.5. The van der Waals surface area contributed by atoms with E-state index in [1.807, 2.05) is 31.2 Å². The van der Waals surface area contributed by atoms with Crippen molar-refractivity contribution in [1.29, 1.82) is 0 Å². The molecule has 3 nitrogen and oxygen atoms in total. The quantitative estimate of drug-likeness (QED) is 0.868. The van der Waals surface area contributed by atoms with Crippen molar-refractivity contribution in [3.63, 3.8) is 0 Å². The van der Waals surface area contributed by atoms with Gasteiger partial charge in [0.2, 0.25) is 5.91 Å². The molecule has 1 aromatic carbocycles. The zero-order valence-corrected chi connectivity index (χ0v) is 10.6. The summed E-state index contributed by atoms with van der Waals surface area (Å²) in [6.45, 7) is 1.94. The maximum absolute atomic E-state index is 11.9. The number of carbonyl (C=O) groups is 1. The van der Waals surface area contributed by atoms with E-state index >= 15 is 0 Å². The highest BCUT2D eigenvalue weighted by Gasteiger charge is 2.40. The Morgan fingerprint density at radius 1 is 1.53 bits per heavy atom. The van der Waals surface area contributed by atoms with Gasteiger partial charge in [-0.05, 0) is 43.9 Å². The first-order valence-corrected chi connectivity index (χ1v) is 6.24. The molecule has 1 aliphatic rings. The minimum Gasteiger partial charge on any atom is -0.348 e. The molecule has 1 saturated carbocycles. The Kier molecular flexibility index (Phi) is 3.40. The maximum atomic E-state index is 11.9. The van der Waals surface area contributed by atoms with E-state index in [1.165, 1.54) is 0 Å². The Hall–Kier alpha value is -1.06. The molecule has 1 atom stereocenters. The molecule has 1 aliphatic carbocycles. The summed E-state index contributed by atoms with van der Waals surface area (Å²) in [5, 5.41) is 3.62. The summed E-state index contributed by atoms with van der Waals surface area (Å²) in [6, 6.07) is 7.43. The molecule has 0 spiro atoms. The van der Waals surface area contributed by atoms with E-state index in [2.05, 4.69) is 5.32 Å². The third-order valence-corrected chi connectivity index (χ3v) is 3.63. The standard InChI is InChI=1S/C13H17ClN2O/c1-9(10-4-2-5-11(14)8-10)16-12(17)13(15)6-3-7-13/h2,4-5,8-9H,3,6-7,15H2,1H3,(H,16,17)/t9-/m0/s1. The smallest absolute Gasteiger partial charge is 0.240 e. The van der Waals surface area contributed by atoms with Crippen LogP contribution in [0.3, 0.4) is 0 Å². The summed E-state index contributed by atoms with van der Waals surface area (Å²) < 4.78 is 0. The monoisotopic (exact) mass is 252 g/mol. The molecule has 1 aromatic rings. The van der Waals surface area contributed by atoms with Gasteiger partial charge in [-0.15, -0.1) is 0 Å². The van der Waals surface area contributed by atoms with Crippen LogP contribution in [0.5, 0.6) is 0 Å². The number of hydrogen-bond acceptors (Lipinski definition) is 2. The minimum absolute atomic E-state index is 0.0591. The van der Waals surface area contributed by atoms with Crippen LogP contribution in [0.15, 0.2) is 24.3 Å². The number of rotatable bonds is 3. The van der Waals surface area contributed by atoms with Crippen molar-refractivity contribution in [2.24, 2.45) is 5.73 Å². The fourth-order valence-corrected chi connectivity index (χ4v) is 2.18. The summed E-state index contributed by atoms with van der Waals surface area (Å²) >= 11 is 5.92. The summed E-state index contributed by atoms with van der Waals surface area (Å²) in [6.07, 6.45) is 2.59. The first-order valence-electron chi connectivity index (χ1n) is 5.86. The van der Waals surface area contributed by atoms with Crippen LogP contribution >= 0.6 is 11.6 Å². The Balaban J connectivity index is 2.01. The van der Waals surface area contributed by atoms with Crippen LogP contribution in [-0.2, 0) is 4.79 Å². The predicted octanol–water partition coefficient (Wildman–Crippen LogP) is 2.40. The van der Waals surface area contributed by atoms with Gasteiger partial charge in [0, 0.05) is 5.02 Å². The molecule has 1 amide bonds. The first kappa shape index (κ1) is 12.4. The molecule has 0 aliphatic heterocycles. The average molecular weight is 253 g/mol. The molecule has 0 heterocycles. The van der Waals surface area contributed by atoms with E-state index in [0.29, 0.717) is 5.02 Å². The van der Waals surface area contributed by atoms with E-state index in [-0.39, 0.29) is 11.9 Å². The summed E-state index contributed by atoms with van der Waals surface area (Å²) in [5.41, 5.74) is 6.31. The lowest BCUT2D eigenvalue weighted by Crippen LogP contribution is -2.58. The van der Waals surface area contributed by atoms with Crippen molar-refractivity contribution in [1.82, 2.24) is 5.32 Å². The first-order chi connectivity index (χ1) is 8.01. The molecule has 0 saturated heterocycles. The van der Waals surface area contributed by atoms with Gasteiger partial charge in [0.25, 0.3) is 0 Å². The van der Waals surface area contributed by atoms with Crippen LogP contribution in [0.2, 0.25) is 5.02 Å². The Labute approximate surface area is 106 Å². The number of halogens is 1. The highest BCUT2D eigenvalue weighted by molar-refractivity contribution is 6.30. The number of nitrogens with two attached hydrogens (primary N) is 1. The third kappa shape index (κ3) is 2.61. The third-order valence-electron chi connectivity index (χ3n) is 3.39. The Morgan fingerprint density at radius 2 is 2.24 bits per heavy atom. The molecular weight excluding hydrogens is 236 g/mol. The molecule has 3 N–H and O–H groups in total. The topological polar surface area (TPSA) is 55.1 Å². The van der Waals surface area contributed by atoms with Gasteiger partial charge in [0.05, 0.1) is 11.6 Å². The van der Waals surface area contributed by atoms with Gasteiger partial charge in [0.15, 0.2) is 0 Å². The van der Waals surface area contributed by atoms with Gasteiger partial charge in [-0.1, -0.05) is 23.7 Å². The van der Waals surface area contributed by atoms with Crippen LogP contribution in [0, 0.1) is 0 Å². The fourth-order valence-electron chi connectivity index (χ4n) is 1.98. The van der Waals surface area contributed by atoms with Gasteiger partial charge in [0.1, 0.15) is 0 Å². The highest BCUT2D eigenvalue weighted by Crippen LogP contribution is 2.30. The molecule has 92 valence electrons. The van der Waals surface area contributed by atoms with Gasteiger partial charge >= 0.3 is 0 Å². The van der Waals surface area contributed by atoms with E-state index in [1.54, 1.807) is 0 Å². The average Bonchev–Trinajstić information content (AvgIpc) is 2.25. The second kappa shape index (κ2) is 4.67. The lowest BCUT2D eigenvalue weighted by atomic mass is 9.77. The molecular formula is C13H17ClN2O. The summed E-state index contributed by atoms with van der Waals surface area (Å²) in [4.78, 5) is 11.9. The van der Waals surface area contributed by atoms with Crippen LogP contribution in [-0.4, -0.2) is 11.4 Å². The van der Waals surface area contributed by atoms with Crippen LogP contribution < -0.4 is 11.1 Å².